The number of carbonyl (C=O) groups is 1. The summed E-state index contributed by atoms with van der Waals surface area (Å²) in [5, 5.41) is 9.01. The van der Waals surface area contributed by atoms with E-state index >= 15 is 0 Å². The first-order valence-corrected chi connectivity index (χ1v) is 11.9. The van der Waals surface area contributed by atoms with Crippen molar-refractivity contribution in [1.29, 1.82) is 0 Å². The molecule has 0 unspecified atom stereocenters. The maximum Gasteiger partial charge on any atom is 0.416 e. The summed E-state index contributed by atoms with van der Waals surface area (Å²) in [6.07, 6.45) is 0.434. The van der Waals surface area contributed by atoms with Gasteiger partial charge in [0, 0.05) is 17.5 Å². The van der Waals surface area contributed by atoms with Crippen molar-refractivity contribution in [1.82, 2.24) is 24.7 Å². The predicted octanol–water partition coefficient (Wildman–Crippen LogP) is 6.21. The molecule has 10 nitrogen and oxygen atoms in total. The zero-order chi connectivity index (χ0) is 29.1. The molecule has 5 aromatic rings. The number of anilines is 3. The van der Waals surface area contributed by atoms with Crippen molar-refractivity contribution in [3.63, 3.8) is 0 Å². The standard InChI is InChI=1S/C27H20F4N8O2/c1-15-8-9-36-39(15)23-7-4-17(27(29,30)31)10-22(23)38-25(40)37-19-13-34-26(35-14-19)41-20-5-2-16(3-6-20)21-11-18(28)12-33-24(21)32/h2-14H,1H3,(H2,32,33)(H2,37,38,40). The number of rotatable bonds is 6. The number of urea groups is 1. The monoisotopic (exact) mass is 564 g/mol. The number of alkyl halides is 3. The first-order chi connectivity index (χ1) is 19.6. The normalized spacial score (nSPS) is 11.2. The molecule has 41 heavy (non-hydrogen) atoms. The second kappa shape index (κ2) is 10.9. The Kier molecular flexibility index (Phi) is 7.20. The number of halogens is 4. The number of nitrogens with one attached hydrogen (secondary N) is 2. The Morgan fingerprint density at radius 3 is 2.34 bits per heavy atom. The lowest BCUT2D eigenvalue weighted by atomic mass is 10.1. The van der Waals surface area contributed by atoms with Crippen LogP contribution >= 0.6 is 0 Å². The van der Waals surface area contributed by atoms with Gasteiger partial charge in [-0.3, -0.25) is 0 Å². The Balaban J connectivity index is 1.26. The number of carbonyl (C=O) groups excluding carboxylic acids is 1. The summed E-state index contributed by atoms with van der Waals surface area (Å²) in [5.74, 6) is 0.0333. The SMILES string of the molecule is Cc1ccnn1-c1ccc(C(F)(F)F)cc1NC(=O)Nc1cnc(Oc2ccc(-c3cc(F)cnc3N)cc2)nc1. The molecule has 0 saturated heterocycles. The van der Waals surface area contributed by atoms with Crippen molar-refractivity contribution in [3.05, 3.63) is 96.5 Å². The molecular formula is C27H20F4N8O2. The Morgan fingerprint density at radius 1 is 0.951 bits per heavy atom. The van der Waals surface area contributed by atoms with Gasteiger partial charge in [0.05, 0.1) is 41.2 Å². The zero-order valence-electron chi connectivity index (χ0n) is 21.1. The fourth-order valence-corrected chi connectivity index (χ4v) is 3.83. The van der Waals surface area contributed by atoms with E-state index in [-0.39, 0.29) is 28.9 Å². The molecule has 3 heterocycles. The Morgan fingerprint density at radius 2 is 1.68 bits per heavy atom. The van der Waals surface area contributed by atoms with Crippen LogP contribution < -0.4 is 21.1 Å². The Labute approximate surface area is 229 Å². The van der Waals surface area contributed by atoms with Crippen LogP contribution in [0.3, 0.4) is 0 Å². The second-order valence-corrected chi connectivity index (χ2v) is 8.66. The summed E-state index contributed by atoms with van der Waals surface area (Å²) in [6, 6.07) is 11.6. The number of ether oxygens (including phenoxy) is 1. The van der Waals surface area contributed by atoms with Crippen LogP contribution in [0.25, 0.3) is 16.8 Å². The lowest BCUT2D eigenvalue weighted by Gasteiger charge is -2.16. The van der Waals surface area contributed by atoms with E-state index in [4.69, 9.17) is 10.5 Å². The predicted molar refractivity (Wildman–Crippen MR) is 142 cm³/mol. The molecular weight excluding hydrogens is 544 g/mol. The molecule has 0 atom stereocenters. The lowest BCUT2D eigenvalue weighted by Crippen LogP contribution is -2.21. The number of hydrogen-bond acceptors (Lipinski definition) is 7. The van der Waals surface area contributed by atoms with Crippen LogP contribution in [0.1, 0.15) is 11.3 Å². The summed E-state index contributed by atoms with van der Waals surface area (Å²) in [6.45, 7) is 1.72. The van der Waals surface area contributed by atoms with Crippen molar-refractivity contribution < 1.29 is 27.1 Å². The third kappa shape index (κ3) is 6.21. The van der Waals surface area contributed by atoms with E-state index in [1.807, 2.05) is 0 Å². The molecule has 0 aliphatic carbocycles. The highest BCUT2D eigenvalue weighted by molar-refractivity contribution is 6.01. The van der Waals surface area contributed by atoms with Crippen LogP contribution in [0, 0.1) is 12.7 Å². The minimum Gasteiger partial charge on any atom is -0.424 e. The van der Waals surface area contributed by atoms with Crippen molar-refractivity contribution in [2.45, 2.75) is 13.1 Å². The molecule has 0 spiro atoms. The number of nitrogen functional groups attached to an aromatic ring is 1. The highest BCUT2D eigenvalue weighted by atomic mass is 19.4. The molecule has 0 fully saturated rings. The molecule has 14 heteroatoms. The first kappa shape index (κ1) is 27.1. The highest BCUT2D eigenvalue weighted by Gasteiger charge is 2.31. The van der Waals surface area contributed by atoms with Gasteiger partial charge in [-0.15, -0.1) is 0 Å². The van der Waals surface area contributed by atoms with Gasteiger partial charge in [-0.05, 0) is 55.0 Å². The van der Waals surface area contributed by atoms with Crippen LogP contribution in [0.5, 0.6) is 11.8 Å². The van der Waals surface area contributed by atoms with E-state index in [0.29, 0.717) is 22.6 Å². The van der Waals surface area contributed by atoms with Crippen LogP contribution in [-0.4, -0.2) is 30.8 Å². The number of aromatic nitrogens is 5. The maximum atomic E-state index is 13.5. The van der Waals surface area contributed by atoms with E-state index in [0.717, 1.165) is 18.3 Å². The van der Waals surface area contributed by atoms with Gasteiger partial charge in [0.15, 0.2) is 0 Å². The summed E-state index contributed by atoms with van der Waals surface area (Å²) >= 11 is 0. The minimum atomic E-state index is -4.61. The Hall–Kier alpha value is -5.53. The van der Waals surface area contributed by atoms with Crippen LogP contribution in [0.15, 0.2) is 79.4 Å². The molecule has 2 aromatic carbocycles. The lowest BCUT2D eigenvalue weighted by molar-refractivity contribution is -0.137. The van der Waals surface area contributed by atoms with Gasteiger partial charge in [0.25, 0.3) is 0 Å². The number of aryl methyl sites for hydroxylation is 1. The average molecular weight is 565 g/mol. The number of pyridine rings is 1. The van der Waals surface area contributed by atoms with Gasteiger partial charge < -0.3 is 21.1 Å². The number of benzene rings is 2. The molecule has 5 rings (SSSR count). The van der Waals surface area contributed by atoms with Gasteiger partial charge >= 0.3 is 18.2 Å². The molecule has 0 aliphatic heterocycles. The molecule has 208 valence electrons. The summed E-state index contributed by atoms with van der Waals surface area (Å²) in [7, 11) is 0. The van der Waals surface area contributed by atoms with Gasteiger partial charge in [0.2, 0.25) is 0 Å². The van der Waals surface area contributed by atoms with E-state index in [1.54, 1.807) is 37.3 Å². The topological polar surface area (TPSA) is 133 Å². The van der Waals surface area contributed by atoms with Gasteiger partial charge in [-0.1, -0.05) is 12.1 Å². The van der Waals surface area contributed by atoms with Crippen molar-refractivity contribution in [3.8, 4) is 28.6 Å². The van der Waals surface area contributed by atoms with E-state index in [9.17, 15) is 22.4 Å². The molecule has 3 aromatic heterocycles. The van der Waals surface area contributed by atoms with Crippen LogP contribution in [0.4, 0.5) is 39.5 Å². The van der Waals surface area contributed by atoms with Gasteiger partial charge in [-0.25, -0.2) is 28.8 Å². The molecule has 0 aliphatic rings. The zero-order valence-corrected chi connectivity index (χ0v) is 21.1. The smallest absolute Gasteiger partial charge is 0.416 e. The van der Waals surface area contributed by atoms with Crippen molar-refractivity contribution in [2.75, 3.05) is 16.4 Å². The van der Waals surface area contributed by atoms with E-state index < -0.39 is 23.6 Å². The average Bonchev–Trinajstić information content (AvgIpc) is 3.36. The number of nitrogens with two attached hydrogens (primary N) is 1. The molecule has 4 N–H and O–H groups in total. The largest absolute Gasteiger partial charge is 0.424 e. The summed E-state index contributed by atoms with van der Waals surface area (Å²) in [5.41, 5.74) is 6.89. The Bertz CT molecular complexity index is 1700. The quantitative estimate of drug-likeness (QED) is 0.209. The maximum absolute atomic E-state index is 13.5. The third-order valence-corrected chi connectivity index (χ3v) is 5.78. The van der Waals surface area contributed by atoms with Crippen LogP contribution in [0.2, 0.25) is 0 Å². The van der Waals surface area contributed by atoms with Crippen LogP contribution in [-0.2, 0) is 6.18 Å². The molecule has 0 bridgehead atoms. The van der Waals surface area contributed by atoms with Gasteiger partial charge in [-0.2, -0.15) is 18.3 Å². The molecule has 0 saturated carbocycles. The second-order valence-electron chi connectivity index (χ2n) is 8.66. The first-order valence-electron chi connectivity index (χ1n) is 11.9. The van der Waals surface area contributed by atoms with Crippen molar-refractivity contribution >= 4 is 23.2 Å². The van der Waals surface area contributed by atoms with E-state index in [2.05, 4.69) is 30.7 Å². The number of hydrogen-bond donors (Lipinski definition) is 3. The third-order valence-electron chi connectivity index (χ3n) is 5.78. The molecule has 2 amide bonds. The number of amides is 2. The number of nitrogens with zero attached hydrogens (tertiary/aromatic N) is 5. The molecule has 0 radical (unpaired) electrons. The van der Waals surface area contributed by atoms with Crippen molar-refractivity contribution in [2.24, 2.45) is 0 Å². The highest BCUT2D eigenvalue weighted by Crippen LogP contribution is 2.34. The van der Waals surface area contributed by atoms with E-state index in [1.165, 1.54) is 35.4 Å². The fourth-order valence-electron chi connectivity index (χ4n) is 3.83. The fraction of sp³-hybridized carbons (Fsp3) is 0.0741. The minimum absolute atomic E-state index is 0.0371. The summed E-state index contributed by atoms with van der Waals surface area (Å²) in [4.78, 5) is 24.5. The van der Waals surface area contributed by atoms with Gasteiger partial charge in [0.1, 0.15) is 17.4 Å². The summed E-state index contributed by atoms with van der Waals surface area (Å²) < 4.78 is 60.5.